The molecule has 2 rings (SSSR count). The largest absolute Gasteiger partial charge is 0.337 e. The number of aromatic nitrogens is 1. The topological polar surface area (TPSA) is 54.0 Å². The zero-order chi connectivity index (χ0) is 14.4. The average Bonchev–Trinajstić information content (AvgIpc) is 2.41. The van der Waals surface area contributed by atoms with Gasteiger partial charge in [-0.25, -0.2) is 9.78 Å². The third kappa shape index (κ3) is 4.24. The molecule has 0 aliphatic heterocycles. The van der Waals surface area contributed by atoms with Gasteiger partial charge in [-0.1, -0.05) is 35.9 Å². The van der Waals surface area contributed by atoms with E-state index in [0.717, 1.165) is 6.42 Å². The molecule has 1 aromatic heterocycles. The summed E-state index contributed by atoms with van der Waals surface area (Å²) >= 11 is 5.82. The summed E-state index contributed by atoms with van der Waals surface area (Å²) in [6.07, 6.45) is 2.34. The van der Waals surface area contributed by atoms with Crippen molar-refractivity contribution in [1.29, 1.82) is 0 Å². The lowest BCUT2D eigenvalue weighted by Gasteiger charge is -2.08. The molecule has 0 radical (unpaired) electrons. The number of pyridine rings is 1. The number of nitrogens with one attached hydrogen (secondary N) is 2. The van der Waals surface area contributed by atoms with Crippen LogP contribution in [0.15, 0.2) is 42.6 Å². The van der Waals surface area contributed by atoms with Gasteiger partial charge in [0.25, 0.3) is 0 Å². The molecule has 2 N–H and O–H groups in total. The number of hydrogen-bond acceptors (Lipinski definition) is 2. The number of nitrogens with zero attached hydrogens (tertiary/aromatic N) is 1. The first-order valence-electron chi connectivity index (χ1n) is 6.36. The number of carbonyl (C=O) groups is 1. The molecule has 1 aromatic carbocycles. The van der Waals surface area contributed by atoms with E-state index in [1.165, 1.54) is 11.1 Å². The van der Waals surface area contributed by atoms with Crippen molar-refractivity contribution in [2.75, 3.05) is 11.9 Å². The molecule has 0 aliphatic carbocycles. The second-order valence-electron chi connectivity index (χ2n) is 4.42. The molecule has 0 fully saturated rings. The highest BCUT2D eigenvalue weighted by molar-refractivity contribution is 6.30. The van der Waals surface area contributed by atoms with E-state index >= 15 is 0 Å². The number of amides is 2. The molecule has 2 aromatic rings. The van der Waals surface area contributed by atoms with Crippen LogP contribution in [0.3, 0.4) is 0 Å². The summed E-state index contributed by atoms with van der Waals surface area (Å²) in [7, 11) is 0. The van der Waals surface area contributed by atoms with Crippen molar-refractivity contribution >= 4 is 23.4 Å². The van der Waals surface area contributed by atoms with Gasteiger partial charge in [-0.3, -0.25) is 5.32 Å². The number of halogens is 1. The van der Waals surface area contributed by atoms with Crippen molar-refractivity contribution < 1.29 is 4.79 Å². The number of carbonyl (C=O) groups excluding carboxylic acids is 1. The highest BCUT2D eigenvalue weighted by atomic mass is 35.5. The lowest BCUT2D eigenvalue weighted by atomic mass is 10.1. The summed E-state index contributed by atoms with van der Waals surface area (Å²) < 4.78 is 0. The summed E-state index contributed by atoms with van der Waals surface area (Å²) in [6, 6.07) is 11.1. The summed E-state index contributed by atoms with van der Waals surface area (Å²) in [6.45, 7) is 2.63. The van der Waals surface area contributed by atoms with E-state index < -0.39 is 0 Å². The first-order valence-corrected chi connectivity index (χ1v) is 6.74. The van der Waals surface area contributed by atoms with Gasteiger partial charge in [-0.15, -0.1) is 0 Å². The number of benzene rings is 1. The number of anilines is 1. The zero-order valence-electron chi connectivity index (χ0n) is 11.2. The predicted molar refractivity (Wildman–Crippen MR) is 81.2 cm³/mol. The van der Waals surface area contributed by atoms with E-state index in [4.69, 9.17) is 11.6 Å². The van der Waals surface area contributed by atoms with Crippen LogP contribution in [0, 0.1) is 6.92 Å². The van der Waals surface area contributed by atoms with Gasteiger partial charge in [0.2, 0.25) is 0 Å². The van der Waals surface area contributed by atoms with Crippen LogP contribution in [0.5, 0.6) is 0 Å². The summed E-state index contributed by atoms with van der Waals surface area (Å²) in [5.74, 6) is 0.436. The molecule has 0 unspecified atom stereocenters. The molecular weight excluding hydrogens is 274 g/mol. The lowest BCUT2D eigenvalue weighted by Crippen LogP contribution is -2.30. The van der Waals surface area contributed by atoms with Crippen LogP contribution >= 0.6 is 11.6 Å². The van der Waals surface area contributed by atoms with Crippen molar-refractivity contribution in [2.45, 2.75) is 13.3 Å². The van der Waals surface area contributed by atoms with Crippen LogP contribution in [0.4, 0.5) is 10.6 Å². The second kappa shape index (κ2) is 6.91. The van der Waals surface area contributed by atoms with Crippen molar-refractivity contribution in [3.8, 4) is 0 Å². The first-order chi connectivity index (χ1) is 9.65. The van der Waals surface area contributed by atoms with Gasteiger partial charge < -0.3 is 5.32 Å². The van der Waals surface area contributed by atoms with E-state index in [9.17, 15) is 4.79 Å². The monoisotopic (exact) mass is 289 g/mol. The van der Waals surface area contributed by atoms with Gasteiger partial charge in [0.1, 0.15) is 5.82 Å². The molecule has 0 atom stereocenters. The standard InChI is InChI=1S/C15H16ClN3O/c1-11-4-2-3-5-12(11)6-8-18-15(20)19-14-10-13(16)7-9-17-14/h2-5,7,9-10H,6,8H2,1H3,(H2,17,18,19,20). The van der Waals surface area contributed by atoms with Crippen LogP contribution in [-0.2, 0) is 6.42 Å². The van der Waals surface area contributed by atoms with E-state index in [1.807, 2.05) is 12.1 Å². The Morgan fingerprint density at radius 1 is 1.30 bits per heavy atom. The molecule has 0 bridgehead atoms. The van der Waals surface area contributed by atoms with E-state index in [0.29, 0.717) is 17.4 Å². The van der Waals surface area contributed by atoms with Gasteiger partial charge in [0, 0.05) is 17.8 Å². The fourth-order valence-corrected chi connectivity index (χ4v) is 1.99. The van der Waals surface area contributed by atoms with E-state index in [-0.39, 0.29) is 6.03 Å². The third-order valence-electron chi connectivity index (χ3n) is 2.90. The number of urea groups is 1. The quantitative estimate of drug-likeness (QED) is 0.906. The van der Waals surface area contributed by atoms with Crippen LogP contribution in [0.25, 0.3) is 0 Å². The molecule has 0 aliphatic rings. The smallest absolute Gasteiger partial charge is 0.320 e. The van der Waals surface area contributed by atoms with Crippen molar-refractivity contribution in [3.05, 3.63) is 58.7 Å². The van der Waals surface area contributed by atoms with Crippen molar-refractivity contribution in [1.82, 2.24) is 10.3 Å². The Labute approximate surface area is 123 Å². The van der Waals surface area contributed by atoms with Crippen LogP contribution in [0.2, 0.25) is 5.02 Å². The van der Waals surface area contributed by atoms with Gasteiger partial charge in [-0.2, -0.15) is 0 Å². The first kappa shape index (κ1) is 14.3. The Kier molecular flexibility index (Phi) is 4.96. The van der Waals surface area contributed by atoms with Crippen molar-refractivity contribution in [3.63, 3.8) is 0 Å². The fraction of sp³-hybridized carbons (Fsp3) is 0.200. The zero-order valence-corrected chi connectivity index (χ0v) is 11.9. The minimum absolute atomic E-state index is 0.284. The van der Waals surface area contributed by atoms with Crippen LogP contribution in [-0.4, -0.2) is 17.6 Å². The Balaban J connectivity index is 1.80. The van der Waals surface area contributed by atoms with Crippen LogP contribution in [0.1, 0.15) is 11.1 Å². The lowest BCUT2D eigenvalue weighted by molar-refractivity contribution is 0.252. The summed E-state index contributed by atoms with van der Waals surface area (Å²) in [5.41, 5.74) is 2.46. The van der Waals surface area contributed by atoms with Crippen LogP contribution < -0.4 is 10.6 Å². The SMILES string of the molecule is Cc1ccccc1CCNC(=O)Nc1cc(Cl)ccn1. The second-order valence-corrected chi connectivity index (χ2v) is 4.85. The maximum atomic E-state index is 11.7. The highest BCUT2D eigenvalue weighted by Gasteiger charge is 2.03. The van der Waals surface area contributed by atoms with Gasteiger partial charge in [-0.05, 0) is 36.6 Å². The molecule has 0 saturated heterocycles. The Bertz CT molecular complexity index is 601. The highest BCUT2D eigenvalue weighted by Crippen LogP contribution is 2.11. The third-order valence-corrected chi connectivity index (χ3v) is 3.14. The maximum absolute atomic E-state index is 11.7. The molecular formula is C15H16ClN3O. The molecule has 1 heterocycles. The minimum Gasteiger partial charge on any atom is -0.337 e. The number of aryl methyl sites for hydroxylation is 1. The van der Waals surface area contributed by atoms with E-state index in [1.54, 1.807) is 18.3 Å². The molecule has 2 amide bonds. The fourth-order valence-electron chi connectivity index (χ4n) is 1.83. The van der Waals surface area contributed by atoms with Gasteiger partial charge in [0.15, 0.2) is 0 Å². The molecule has 4 nitrogen and oxygen atoms in total. The maximum Gasteiger partial charge on any atom is 0.320 e. The summed E-state index contributed by atoms with van der Waals surface area (Å²) in [4.78, 5) is 15.7. The number of rotatable bonds is 4. The minimum atomic E-state index is -0.284. The molecule has 20 heavy (non-hydrogen) atoms. The van der Waals surface area contributed by atoms with Crippen molar-refractivity contribution in [2.24, 2.45) is 0 Å². The Morgan fingerprint density at radius 3 is 2.85 bits per heavy atom. The van der Waals surface area contributed by atoms with Gasteiger partial charge >= 0.3 is 6.03 Å². The number of hydrogen-bond donors (Lipinski definition) is 2. The summed E-state index contributed by atoms with van der Waals surface area (Å²) in [5, 5.41) is 5.97. The predicted octanol–water partition coefficient (Wildman–Crippen LogP) is 3.41. The Morgan fingerprint density at radius 2 is 2.10 bits per heavy atom. The van der Waals surface area contributed by atoms with E-state index in [2.05, 4.69) is 34.7 Å². The molecule has 5 heteroatoms. The molecule has 104 valence electrons. The molecule has 0 saturated carbocycles. The average molecular weight is 290 g/mol. The Hall–Kier alpha value is -2.07. The normalized spacial score (nSPS) is 10.1. The van der Waals surface area contributed by atoms with Gasteiger partial charge in [0.05, 0.1) is 0 Å². The molecule has 0 spiro atoms.